The van der Waals surface area contributed by atoms with Gasteiger partial charge in [-0.1, -0.05) is 0 Å². The molecule has 2 rings (SSSR count). The number of nitrogens with two attached hydrogens (primary N) is 1. The summed E-state index contributed by atoms with van der Waals surface area (Å²) in [5.41, 5.74) is 7.79. The lowest BCUT2D eigenvalue weighted by Crippen LogP contribution is -2.40. The van der Waals surface area contributed by atoms with Crippen molar-refractivity contribution in [1.29, 1.82) is 0 Å². The van der Waals surface area contributed by atoms with E-state index in [9.17, 15) is 8.42 Å². The highest BCUT2D eigenvalue weighted by Gasteiger charge is 2.27. The molecule has 2 N–H and O–H groups in total. The molecule has 2 heterocycles. The molecular formula is C13H22N4O2S. The molecule has 0 bridgehead atoms. The Labute approximate surface area is 120 Å². The van der Waals surface area contributed by atoms with Crippen molar-refractivity contribution in [3.8, 4) is 0 Å². The molecule has 0 aliphatic carbocycles. The summed E-state index contributed by atoms with van der Waals surface area (Å²) in [7, 11) is -3.10. The summed E-state index contributed by atoms with van der Waals surface area (Å²) >= 11 is 0. The molecule has 1 fully saturated rings. The van der Waals surface area contributed by atoms with Crippen LogP contribution in [0.25, 0.3) is 0 Å². The first kappa shape index (κ1) is 15.3. The summed E-state index contributed by atoms with van der Waals surface area (Å²) in [4.78, 5) is 8.49. The molecule has 1 aromatic rings. The lowest BCUT2D eigenvalue weighted by Gasteiger charge is -2.32. The number of nitrogens with zero attached hydrogens (tertiary/aromatic N) is 3. The van der Waals surface area contributed by atoms with Crippen LogP contribution < -0.4 is 5.73 Å². The van der Waals surface area contributed by atoms with E-state index in [1.54, 1.807) is 16.7 Å². The maximum absolute atomic E-state index is 11.6. The fraction of sp³-hybridized carbons (Fsp3) is 0.692. The molecule has 20 heavy (non-hydrogen) atoms. The zero-order chi connectivity index (χ0) is 14.8. The Balaban J connectivity index is 1.97. The first-order chi connectivity index (χ1) is 9.36. The lowest BCUT2D eigenvalue weighted by molar-refractivity contribution is 0.246. The summed E-state index contributed by atoms with van der Waals surface area (Å²) in [5, 5.41) is 0. The van der Waals surface area contributed by atoms with E-state index >= 15 is 0 Å². The van der Waals surface area contributed by atoms with E-state index in [-0.39, 0.29) is 12.0 Å². The Hall–Kier alpha value is -1.05. The number of hydrogen-bond donors (Lipinski definition) is 1. The Morgan fingerprint density at radius 1 is 1.45 bits per heavy atom. The Morgan fingerprint density at radius 3 is 2.80 bits per heavy atom. The van der Waals surface area contributed by atoms with Crippen molar-refractivity contribution in [3.63, 3.8) is 0 Å². The van der Waals surface area contributed by atoms with Gasteiger partial charge in [0.05, 0.1) is 23.8 Å². The maximum atomic E-state index is 11.6. The first-order valence-corrected chi connectivity index (χ1v) is 8.70. The molecule has 0 aromatic carbocycles. The number of sulfonamides is 1. The van der Waals surface area contributed by atoms with E-state index in [2.05, 4.69) is 9.97 Å². The highest BCUT2D eigenvalue weighted by atomic mass is 32.2. The molecule has 6 nitrogen and oxygen atoms in total. The molecule has 1 aliphatic heterocycles. The summed E-state index contributed by atoms with van der Waals surface area (Å²) in [6.45, 7) is 3.06. The predicted molar refractivity (Wildman–Crippen MR) is 77.5 cm³/mol. The van der Waals surface area contributed by atoms with Crippen LogP contribution in [-0.4, -0.2) is 42.0 Å². The minimum absolute atomic E-state index is 0.187. The van der Waals surface area contributed by atoms with E-state index in [4.69, 9.17) is 5.73 Å². The van der Waals surface area contributed by atoms with Gasteiger partial charge in [0.25, 0.3) is 0 Å². The van der Waals surface area contributed by atoms with Gasteiger partial charge in [-0.2, -0.15) is 0 Å². The van der Waals surface area contributed by atoms with E-state index in [1.165, 1.54) is 6.26 Å². The largest absolute Gasteiger partial charge is 0.323 e. The minimum Gasteiger partial charge on any atom is -0.323 e. The van der Waals surface area contributed by atoms with Crippen LogP contribution in [0.3, 0.4) is 0 Å². The molecular weight excluding hydrogens is 276 g/mol. The summed E-state index contributed by atoms with van der Waals surface area (Å²) in [5.74, 6) is 0.288. The molecule has 0 saturated carbocycles. The van der Waals surface area contributed by atoms with Gasteiger partial charge in [0.2, 0.25) is 10.0 Å². The minimum atomic E-state index is -3.10. The van der Waals surface area contributed by atoms with Crippen LogP contribution in [-0.2, 0) is 10.0 Å². The van der Waals surface area contributed by atoms with Crippen LogP contribution in [0.5, 0.6) is 0 Å². The van der Waals surface area contributed by atoms with Crippen LogP contribution >= 0.6 is 0 Å². The number of hydrogen-bond acceptors (Lipinski definition) is 5. The third kappa shape index (κ3) is 3.97. The predicted octanol–water partition coefficient (Wildman–Crippen LogP) is 0.847. The van der Waals surface area contributed by atoms with Crippen molar-refractivity contribution in [2.75, 3.05) is 19.3 Å². The smallest absolute Gasteiger partial charge is 0.211 e. The van der Waals surface area contributed by atoms with Gasteiger partial charge in [-0.25, -0.2) is 12.7 Å². The van der Waals surface area contributed by atoms with Crippen molar-refractivity contribution in [1.82, 2.24) is 14.3 Å². The third-order valence-corrected chi connectivity index (χ3v) is 4.99. The molecule has 1 saturated heterocycles. The number of piperidine rings is 1. The molecule has 1 aromatic heterocycles. The average Bonchev–Trinajstić information content (AvgIpc) is 2.38. The van der Waals surface area contributed by atoms with Gasteiger partial charge >= 0.3 is 0 Å². The molecule has 2 atom stereocenters. The van der Waals surface area contributed by atoms with E-state index in [1.807, 2.05) is 6.92 Å². The van der Waals surface area contributed by atoms with Gasteiger partial charge in [-0.05, 0) is 32.1 Å². The highest BCUT2D eigenvalue weighted by molar-refractivity contribution is 7.88. The number of rotatable bonds is 4. The maximum Gasteiger partial charge on any atom is 0.211 e. The van der Waals surface area contributed by atoms with Gasteiger partial charge in [-0.15, -0.1) is 0 Å². The quantitative estimate of drug-likeness (QED) is 0.890. The summed E-state index contributed by atoms with van der Waals surface area (Å²) in [6, 6.07) is -0.187. The van der Waals surface area contributed by atoms with Crippen LogP contribution in [0.1, 0.15) is 36.7 Å². The van der Waals surface area contributed by atoms with Gasteiger partial charge in [0.15, 0.2) is 0 Å². The zero-order valence-electron chi connectivity index (χ0n) is 12.0. The summed E-state index contributed by atoms with van der Waals surface area (Å²) < 4.78 is 24.7. The Kier molecular flexibility index (Phi) is 4.72. The van der Waals surface area contributed by atoms with Crippen molar-refractivity contribution in [2.24, 2.45) is 11.7 Å². The Bertz CT molecular complexity index is 544. The standard InChI is InChI=1S/C13H22N4O2S/c1-10-7-16-13(8-15-10)12(14)6-11-4-3-5-17(9-11)20(2,18)19/h7-8,11-12H,3-6,9,14H2,1-2H3. The molecule has 0 amide bonds. The van der Waals surface area contributed by atoms with Crippen LogP contribution in [0, 0.1) is 12.8 Å². The van der Waals surface area contributed by atoms with Gasteiger partial charge in [0, 0.05) is 25.3 Å². The molecule has 0 spiro atoms. The van der Waals surface area contributed by atoms with Crippen molar-refractivity contribution in [3.05, 3.63) is 23.8 Å². The van der Waals surface area contributed by atoms with Crippen LogP contribution in [0.4, 0.5) is 0 Å². The van der Waals surface area contributed by atoms with E-state index < -0.39 is 10.0 Å². The normalized spacial score (nSPS) is 22.6. The molecule has 0 radical (unpaired) electrons. The van der Waals surface area contributed by atoms with E-state index in [0.29, 0.717) is 13.1 Å². The number of aryl methyl sites for hydroxylation is 1. The average molecular weight is 298 g/mol. The number of aromatic nitrogens is 2. The topological polar surface area (TPSA) is 89.2 Å². The van der Waals surface area contributed by atoms with Gasteiger partial charge in [-0.3, -0.25) is 9.97 Å². The second-order valence-electron chi connectivity index (χ2n) is 5.55. The lowest BCUT2D eigenvalue weighted by atomic mass is 9.92. The SMILES string of the molecule is Cc1cnc(C(N)CC2CCCN(S(C)(=O)=O)C2)cn1. The van der Waals surface area contributed by atoms with Crippen molar-refractivity contribution >= 4 is 10.0 Å². The van der Waals surface area contributed by atoms with Crippen molar-refractivity contribution in [2.45, 2.75) is 32.2 Å². The highest BCUT2D eigenvalue weighted by Crippen LogP contribution is 2.26. The first-order valence-electron chi connectivity index (χ1n) is 6.85. The zero-order valence-corrected chi connectivity index (χ0v) is 12.8. The second-order valence-corrected chi connectivity index (χ2v) is 7.54. The monoisotopic (exact) mass is 298 g/mol. The van der Waals surface area contributed by atoms with Gasteiger partial charge in [0.1, 0.15) is 0 Å². The fourth-order valence-electron chi connectivity index (χ4n) is 2.59. The fourth-order valence-corrected chi connectivity index (χ4v) is 3.54. The van der Waals surface area contributed by atoms with Gasteiger partial charge < -0.3 is 5.73 Å². The van der Waals surface area contributed by atoms with Crippen LogP contribution in [0.15, 0.2) is 12.4 Å². The molecule has 112 valence electrons. The third-order valence-electron chi connectivity index (χ3n) is 3.72. The molecule has 2 unspecified atom stereocenters. The second kappa shape index (κ2) is 6.15. The van der Waals surface area contributed by atoms with Crippen molar-refractivity contribution < 1.29 is 8.42 Å². The Morgan fingerprint density at radius 2 is 2.20 bits per heavy atom. The molecule has 7 heteroatoms. The summed E-state index contributed by atoms with van der Waals surface area (Å²) in [6.07, 6.45) is 7.32. The van der Waals surface area contributed by atoms with Crippen LogP contribution in [0.2, 0.25) is 0 Å². The molecule has 1 aliphatic rings. The van der Waals surface area contributed by atoms with E-state index in [0.717, 1.165) is 30.7 Å².